The Hall–Kier alpha value is -1.37. The van der Waals surface area contributed by atoms with Crippen molar-refractivity contribution in [2.24, 2.45) is 0 Å². The number of hydrogen-bond donors (Lipinski definition) is 1. The largest absolute Gasteiger partial charge is 0.460 e. The number of nitrogens with one attached hydrogen (secondary N) is 1. The number of halogens is 19. The van der Waals surface area contributed by atoms with Crippen LogP contribution in [0.2, 0.25) is 0 Å². The lowest BCUT2D eigenvalue weighted by molar-refractivity contribution is -0.468. The minimum absolute atomic E-state index is 0.708. The summed E-state index contributed by atoms with van der Waals surface area (Å²) in [7, 11) is 0.971. The van der Waals surface area contributed by atoms with Gasteiger partial charge in [0.25, 0.3) is 0 Å². The summed E-state index contributed by atoms with van der Waals surface area (Å²) in [6.45, 7) is -0.708. The van der Waals surface area contributed by atoms with Gasteiger partial charge in [0.05, 0.1) is 0 Å². The molecular formula is C13H10F19N. The lowest BCUT2D eigenvalue weighted by Crippen LogP contribution is -2.75. The van der Waals surface area contributed by atoms with Gasteiger partial charge in [0.15, 0.2) is 0 Å². The zero-order chi connectivity index (χ0) is 27.3. The number of alkyl halides is 19. The Morgan fingerprint density at radius 1 is 0.424 bits per heavy atom. The Kier molecular flexibility index (Phi) is 8.04. The molecule has 0 fully saturated rings. The average Bonchev–Trinajstić information content (AvgIpc) is 2.59. The first kappa shape index (κ1) is 31.6. The van der Waals surface area contributed by atoms with Gasteiger partial charge in [0.1, 0.15) is 0 Å². The summed E-state index contributed by atoms with van der Waals surface area (Å²) >= 11 is 0. The van der Waals surface area contributed by atoms with E-state index in [-0.39, 0.29) is 0 Å². The highest BCUT2D eigenvalue weighted by Gasteiger charge is 2.96. The summed E-state index contributed by atoms with van der Waals surface area (Å²) in [6.07, 6.45) is -11.6. The van der Waals surface area contributed by atoms with E-state index in [1.165, 1.54) is 0 Å². The first-order chi connectivity index (χ1) is 14.1. The van der Waals surface area contributed by atoms with Crippen LogP contribution < -0.4 is 5.32 Å². The van der Waals surface area contributed by atoms with Crippen molar-refractivity contribution in [1.82, 2.24) is 5.32 Å². The predicted molar refractivity (Wildman–Crippen MR) is 68.8 cm³/mol. The lowest BCUT2D eigenvalue weighted by Gasteiger charge is -2.43. The van der Waals surface area contributed by atoms with E-state index >= 15 is 0 Å². The van der Waals surface area contributed by atoms with Crippen molar-refractivity contribution < 1.29 is 83.4 Å². The van der Waals surface area contributed by atoms with Crippen LogP contribution in [0.15, 0.2) is 0 Å². The highest BCUT2D eigenvalue weighted by atomic mass is 19.4. The molecule has 0 aliphatic heterocycles. The van der Waals surface area contributed by atoms with Crippen molar-refractivity contribution in [3.8, 4) is 0 Å². The molecule has 0 saturated carbocycles. The molecular weight excluding hydrogens is 531 g/mol. The molecule has 20 heteroatoms. The van der Waals surface area contributed by atoms with Crippen molar-refractivity contribution in [3.63, 3.8) is 0 Å². The summed E-state index contributed by atoms with van der Waals surface area (Å²) < 4.78 is 248. The SMILES string of the molecule is CNCCCC(F)(F)C(F)(F)C(F)(F)C(F)(F)C(F)(F)C(F)(F)C(F)(F)C(F)(F)C(F)(F)F. The van der Waals surface area contributed by atoms with E-state index in [0.717, 1.165) is 7.05 Å². The van der Waals surface area contributed by atoms with E-state index in [0.29, 0.717) is 0 Å². The van der Waals surface area contributed by atoms with E-state index in [1.807, 2.05) is 5.32 Å². The monoisotopic (exact) mass is 541 g/mol. The van der Waals surface area contributed by atoms with Gasteiger partial charge in [-0.3, -0.25) is 0 Å². The molecule has 1 N–H and O–H groups in total. The average molecular weight is 541 g/mol. The second kappa shape index (κ2) is 8.39. The maximum Gasteiger partial charge on any atom is 0.460 e. The molecule has 0 amide bonds. The topological polar surface area (TPSA) is 12.0 Å². The van der Waals surface area contributed by atoms with Crippen LogP contribution >= 0.6 is 0 Å². The van der Waals surface area contributed by atoms with Crippen molar-refractivity contribution in [2.45, 2.75) is 66.4 Å². The number of hydrogen-bond acceptors (Lipinski definition) is 1. The standard InChI is InChI=1S/C13H10F19N/c1-33-4-2-3-5(14,15)6(16,17)7(18,19)8(20,21)9(22,23)10(24,25)11(26,27)12(28,29)13(30,31)32/h33H,2-4H2,1H3. The molecule has 0 bridgehead atoms. The fourth-order valence-corrected chi connectivity index (χ4v) is 2.04. The molecule has 0 aliphatic carbocycles. The molecule has 0 aromatic heterocycles. The van der Waals surface area contributed by atoms with Gasteiger partial charge in [-0.15, -0.1) is 0 Å². The second-order valence-electron chi connectivity index (χ2n) is 6.43. The molecule has 0 radical (unpaired) electrons. The molecule has 0 aromatic carbocycles. The zero-order valence-electron chi connectivity index (χ0n) is 15.3. The van der Waals surface area contributed by atoms with E-state index < -0.39 is 72.9 Å². The predicted octanol–water partition coefficient (Wildman–Crippen LogP) is 6.63. The molecule has 0 spiro atoms. The van der Waals surface area contributed by atoms with Gasteiger partial charge in [-0.05, 0) is 20.0 Å². The van der Waals surface area contributed by atoms with Gasteiger partial charge >= 0.3 is 53.6 Å². The molecule has 0 atom stereocenters. The highest BCUT2D eigenvalue weighted by Crippen LogP contribution is 2.65. The van der Waals surface area contributed by atoms with Crippen LogP contribution in [0.5, 0.6) is 0 Å². The van der Waals surface area contributed by atoms with Crippen LogP contribution in [-0.4, -0.2) is 67.1 Å². The van der Waals surface area contributed by atoms with E-state index in [9.17, 15) is 83.4 Å². The summed E-state index contributed by atoms with van der Waals surface area (Å²) in [5, 5.41) is 1.97. The summed E-state index contributed by atoms with van der Waals surface area (Å²) in [6, 6.07) is 0. The minimum atomic E-state index is -8.87. The van der Waals surface area contributed by atoms with Crippen LogP contribution in [0.25, 0.3) is 0 Å². The Bertz CT molecular complexity index is 676. The normalized spacial score (nSPS) is 16.4. The second-order valence-corrected chi connectivity index (χ2v) is 6.43. The quantitative estimate of drug-likeness (QED) is 0.229. The molecule has 1 nitrogen and oxygen atoms in total. The van der Waals surface area contributed by atoms with Crippen molar-refractivity contribution in [1.29, 1.82) is 0 Å². The van der Waals surface area contributed by atoms with Crippen LogP contribution in [0.4, 0.5) is 83.4 Å². The van der Waals surface area contributed by atoms with E-state index in [2.05, 4.69) is 0 Å². The van der Waals surface area contributed by atoms with Gasteiger partial charge in [0, 0.05) is 6.42 Å². The van der Waals surface area contributed by atoms with Crippen molar-refractivity contribution in [3.05, 3.63) is 0 Å². The third kappa shape index (κ3) is 4.28. The van der Waals surface area contributed by atoms with Crippen LogP contribution in [0.3, 0.4) is 0 Å². The molecule has 0 aromatic rings. The van der Waals surface area contributed by atoms with Gasteiger partial charge < -0.3 is 5.32 Å². The molecule has 200 valence electrons. The van der Waals surface area contributed by atoms with Crippen molar-refractivity contribution >= 4 is 0 Å². The smallest absolute Gasteiger partial charge is 0.320 e. The molecule has 0 heterocycles. The molecule has 0 aliphatic rings. The first-order valence-corrected chi connectivity index (χ1v) is 7.80. The fourth-order valence-electron chi connectivity index (χ4n) is 2.04. The van der Waals surface area contributed by atoms with E-state index in [4.69, 9.17) is 0 Å². The minimum Gasteiger partial charge on any atom is -0.320 e. The summed E-state index contributed by atoms with van der Waals surface area (Å²) in [5.41, 5.74) is 0. The van der Waals surface area contributed by atoms with Crippen molar-refractivity contribution in [2.75, 3.05) is 13.6 Å². The fraction of sp³-hybridized carbons (Fsp3) is 1.00. The Morgan fingerprint density at radius 2 is 0.697 bits per heavy atom. The maximum absolute atomic E-state index is 13.5. The van der Waals surface area contributed by atoms with Crippen LogP contribution in [-0.2, 0) is 0 Å². The zero-order valence-corrected chi connectivity index (χ0v) is 15.3. The van der Waals surface area contributed by atoms with Crippen LogP contribution in [0.1, 0.15) is 12.8 Å². The van der Waals surface area contributed by atoms with Gasteiger partial charge in [-0.25, -0.2) is 0 Å². The Balaban J connectivity index is 6.70. The van der Waals surface area contributed by atoms with Gasteiger partial charge in [-0.1, -0.05) is 0 Å². The molecule has 0 rings (SSSR count). The molecule has 33 heavy (non-hydrogen) atoms. The van der Waals surface area contributed by atoms with Gasteiger partial charge in [-0.2, -0.15) is 83.4 Å². The van der Waals surface area contributed by atoms with E-state index in [1.54, 1.807) is 0 Å². The third-order valence-electron chi connectivity index (χ3n) is 4.10. The van der Waals surface area contributed by atoms with Crippen LogP contribution in [0, 0.1) is 0 Å². The molecule has 0 unspecified atom stereocenters. The highest BCUT2D eigenvalue weighted by molar-refractivity contribution is 5.16. The van der Waals surface area contributed by atoms with Gasteiger partial charge in [0.2, 0.25) is 0 Å². The Labute approximate surface area is 170 Å². The first-order valence-electron chi connectivity index (χ1n) is 7.80. The Morgan fingerprint density at radius 3 is 0.970 bits per heavy atom. The lowest BCUT2D eigenvalue weighted by atomic mass is 9.86. The molecule has 0 saturated heterocycles. The maximum atomic E-state index is 13.5. The summed E-state index contributed by atoms with van der Waals surface area (Å²) in [5.74, 6) is -65.9. The summed E-state index contributed by atoms with van der Waals surface area (Å²) in [4.78, 5) is 0. The number of rotatable bonds is 11. The third-order valence-corrected chi connectivity index (χ3v) is 4.10.